The third kappa shape index (κ3) is 6.36. The summed E-state index contributed by atoms with van der Waals surface area (Å²) in [5, 5.41) is 15.6. The highest BCUT2D eigenvalue weighted by Crippen LogP contribution is 2.36. The number of nitrogens with zero attached hydrogens (tertiary/aromatic N) is 3. The Hall–Kier alpha value is -2.83. The van der Waals surface area contributed by atoms with Crippen LogP contribution in [-0.4, -0.2) is 61.0 Å². The van der Waals surface area contributed by atoms with Crippen LogP contribution in [0.5, 0.6) is 5.75 Å². The van der Waals surface area contributed by atoms with Gasteiger partial charge in [-0.3, -0.25) is 9.80 Å². The fourth-order valence-electron chi connectivity index (χ4n) is 5.05. The van der Waals surface area contributed by atoms with E-state index < -0.39 is 0 Å². The molecule has 1 unspecified atom stereocenters. The normalized spacial score (nSPS) is 21.2. The molecule has 2 saturated heterocycles. The molecule has 2 aromatic carbocycles. The molecule has 3 aliphatic heterocycles. The zero-order valence-corrected chi connectivity index (χ0v) is 22.1. The minimum absolute atomic E-state index is 0.167. The van der Waals surface area contributed by atoms with E-state index in [0.717, 1.165) is 98.8 Å². The highest BCUT2D eigenvalue weighted by Gasteiger charge is 2.29. The van der Waals surface area contributed by atoms with Gasteiger partial charge in [-0.2, -0.15) is 5.26 Å². The Balaban J connectivity index is 1.24. The molecule has 1 atom stereocenters. The van der Waals surface area contributed by atoms with Gasteiger partial charge in [-0.1, -0.05) is 35.5 Å². The number of morpholine rings is 1. The summed E-state index contributed by atoms with van der Waals surface area (Å²) in [7, 11) is 0. The quantitative estimate of drug-likeness (QED) is 0.524. The second-order valence-electron chi connectivity index (χ2n) is 9.95. The largest absolute Gasteiger partial charge is 0.488 e. The summed E-state index contributed by atoms with van der Waals surface area (Å²) in [6.45, 7) is 8.45. The molecule has 1 N–H and O–H groups in total. The van der Waals surface area contributed by atoms with Crippen molar-refractivity contribution in [3.8, 4) is 11.8 Å². The van der Waals surface area contributed by atoms with E-state index in [2.05, 4.69) is 51.7 Å². The van der Waals surface area contributed by atoms with E-state index in [0.29, 0.717) is 12.2 Å². The Morgan fingerprint density at radius 1 is 1.16 bits per heavy atom. The second-order valence-corrected chi connectivity index (χ2v) is 10.9. The molecule has 2 aromatic rings. The standard InChI is InChI=1S/C29H34N4O3S/c1-21-2-5-28(26(14-21)27-20-37-29(31-27)33-8-6-22(18-34)7-9-33)36-19-24-4-3-23(15-25(24)16-30)17-32-10-12-35-13-11-32/h2-5,14-15,18,20,22,29,31H,6-13,17,19H2,1H3. The summed E-state index contributed by atoms with van der Waals surface area (Å²) >= 11 is 1.77. The lowest BCUT2D eigenvalue weighted by Crippen LogP contribution is -2.45. The molecular weight excluding hydrogens is 484 g/mol. The van der Waals surface area contributed by atoms with Crippen LogP contribution in [0.3, 0.4) is 0 Å². The van der Waals surface area contributed by atoms with Crippen LogP contribution >= 0.6 is 11.8 Å². The topological polar surface area (TPSA) is 77.8 Å². The lowest BCUT2D eigenvalue weighted by Gasteiger charge is -2.34. The Bertz CT molecular complexity index is 1180. The van der Waals surface area contributed by atoms with Crippen molar-refractivity contribution in [1.29, 1.82) is 5.26 Å². The highest BCUT2D eigenvalue weighted by atomic mass is 32.2. The van der Waals surface area contributed by atoms with E-state index in [1.54, 1.807) is 11.8 Å². The molecule has 7 nitrogen and oxygen atoms in total. The highest BCUT2D eigenvalue weighted by molar-refractivity contribution is 8.03. The maximum Gasteiger partial charge on any atom is 0.132 e. The van der Waals surface area contributed by atoms with Crippen molar-refractivity contribution in [3.05, 3.63) is 69.6 Å². The van der Waals surface area contributed by atoms with Crippen molar-refractivity contribution in [3.63, 3.8) is 0 Å². The third-order valence-electron chi connectivity index (χ3n) is 7.31. The average molecular weight is 519 g/mol. The molecule has 2 fully saturated rings. The molecule has 8 heteroatoms. The maximum absolute atomic E-state index is 11.1. The number of nitriles is 1. The number of carbonyl (C=O) groups excluding carboxylic acids is 1. The molecule has 3 aliphatic rings. The summed E-state index contributed by atoms with van der Waals surface area (Å²) in [6.07, 6.45) is 2.94. The van der Waals surface area contributed by atoms with Crippen LogP contribution in [0.2, 0.25) is 0 Å². The van der Waals surface area contributed by atoms with Gasteiger partial charge in [0, 0.05) is 49.8 Å². The van der Waals surface area contributed by atoms with Gasteiger partial charge in [0.25, 0.3) is 0 Å². The minimum Gasteiger partial charge on any atom is -0.488 e. The lowest BCUT2D eigenvalue weighted by atomic mass is 9.99. The molecular formula is C29H34N4O3S. The number of carbonyl (C=O) groups is 1. The zero-order chi connectivity index (χ0) is 25.6. The first kappa shape index (κ1) is 25.8. The van der Waals surface area contributed by atoms with Crippen LogP contribution in [-0.2, 0) is 22.7 Å². The number of rotatable bonds is 8. The smallest absolute Gasteiger partial charge is 0.132 e. The molecule has 3 heterocycles. The van der Waals surface area contributed by atoms with Gasteiger partial charge in [0.2, 0.25) is 0 Å². The Kier molecular flexibility index (Phi) is 8.47. The number of nitrogens with one attached hydrogen (secondary N) is 1. The first-order valence-electron chi connectivity index (χ1n) is 13.0. The first-order valence-corrected chi connectivity index (χ1v) is 13.9. The summed E-state index contributed by atoms with van der Waals surface area (Å²) < 4.78 is 11.8. The number of thioether (sulfide) groups is 1. The zero-order valence-electron chi connectivity index (χ0n) is 21.3. The molecule has 0 aromatic heterocycles. The fraction of sp³-hybridized carbons (Fsp3) is 0.448. The van der Waals surface area contributed by atoms with Gasteiger partial charge >= 0.3 is 0 Å². The Morgan fingerprint density at radius 3 is 2.73 bits per heavy atom. The molecule has 0 radical (unpaired) electrons. The van der Waals surface area contributed by atoms with Crippen LogP contribution in [0.25, 0.3) is 5.70 Å². The monoisotopic (exact) mass is 518 g/mol. The molecule has 0 bridgehead atoms. The number of aldehydes is 1. The van der Waals surface area contributed by atoms with Crippen LogP contribution in [0.4, 0.5) is 0 Å². The summed E-state index contributed by atoms with van der Waals surface area (Å²) in [4.78, 5) is 15.9. The molecule has 0 aliphatic carbocycles. The number of ether oxygens (including phenoxy) is 2. The van der Waals surface area contributed by atoms with Crippen molar-refractivity contribution >= 4 is 23.7 Å². The van der Waals surface area contributed by atoms with Crippen LogP contribution in [0, 0.1) is 24.2 Å². The number of likely N-dealkylation sites (tertiary alicyclic amines) is 1. The molecule has 194 valence electrons. The van der Waals surface area contributed by atoms with Crippen LogP contribution < -0.4 is 10.1 Å². The number of benzene rings is 2. The van der Waals surface area contributed by atoms with Crippen LogP contribution in [0.1, 0.15) is 40.7 Å². The van der Waals surface area contributed by atoms with Crippen molar-refractivity contribution in [2.24, 2.45) is 5.92 Å². The van der Waals surface area contributed by atoms with Crippen molar-refractivity contribution in [1.82, 2.24) is 15.1 Å². The van der Waals surface area contributed by atoms with Gasteiger partial charge in [-0.25, -0.2) is 0 Å². The van der Waals surface area contributed by atoms with Gasteiger partial charge in [0.1, 0.15) is 24.1 Å². The minimum atomic E-state index is 0.167. The predicted molar refractivity (Wildman–Crippen MR) is 146 cm³/mol. The lowest BCUT2D eigenvalue weighted by molar-refractivity contribution is -0.112. The number of piperidine rings is 1. The number of hydrogen-bond acceptors (Lipinski definition) is 8. The molecule has 0 amide bonds. The van der Waals surface area contributed by atoms with Gasteiger partial charge in [0.15, 0.2) is 0 Å². The summed E-state index contributed by atoms with van der Waals surface area (Å²) in [5.74, 6) is 0.991. The predicted octanol–water partition coefficient (Wildman–Crippen LogP) is 4.11. The van der Waals surface area contributed by atoms with Crippen molar-refractivity contribution in [2.45, 2.75) is 38.4 Å². The SMILES string of the molecule is Cc1ccc(OCc2ccc(CN3CCOCC3)cc2C#N)c(C2=CSC(N3CCC(C=O)CC3)N2)c1. The summed E-state index contributed by atoms with van der Waals surface area (Å²) in [6, 6.07) is 14.7. The average Bonchev–Trinajstić information content (AvgIpc) is 3.43. The maximum atomic E-state index is 11.1. The van der Waals surface area contributed by atoms with Gasteiger partial charge in [-0.15, -0.1) is 0 Å². The number of aryl methyl sites for hydroxylation is 1. The molecule has 0 saturated carbocycles. The Morgan fingerprint density at radius 2 is 1.97 bits per heavy atom. The van der Waals surface area contributed by atoms with E-state index >= 15 is 0 Å². The van der Waals surface area contributed by atoms with E-state index in [-0.39, 0.29) is 11.4 Å². The van der Waals surface area contributed by atoms with Gasteiger partial charge in [0.05, 0.1) is 30.5 Å². The van der Waals surface area contributed by atoms with E-state index in [1.165, 1.54) is 0 Å². The molecule has 37 heavy (non-hydrogen) atoms. The molecule has 0 spiro atoms. The third-order valence-corrected chi connectivity index (χ3v) is 8.35. The van der Waals surface area contributed by atoms with E-state index in [9.17, 15) is 10.1 Å². The first-order chi connectivity index (χ1) is 18.1. The van der Waals surface area contributed by atoms with Crippen LogP contribution in [0.15, 0.2) is 41.8 Å². The van der Waals surface area contributed by atoms with Crippen molar-refractivity contribution < 1.29 is 14.3 Å². The second kappa shape index (κ2) is 12.1. The fourth-order valence-corrected chi connectivity index (χ4v) is 6.09. The number of hydrogen-bond donors (Lipinski definition) is 1. The Labute approximate surface area is 223 Å². The summed E-state index contributed by atoms with van der Waals surface area (Å²) in [5.41, 5.74) is 6.09. The van der Waals surface area contributed by atoms with Gasteiger partial charge < -0.3 is 19.6 Å². The van der Waals surface area contributed by atoms with Crippen molar-refractivity contribution in [2.75, 3.05) is 39.4 Å². The van der Waals surface area contributed by atoms with Gasteiger partial charge in [-0.05, 0) is 48.9 Å². The van der Waals surface area contributed by atoms with E-state index in [4.69, 9.17) is 9.47 Å². The van der Waals surface area contributed by atoms with E-state index in [1.807, 2.05) is 18.2 Å². The molecule has 5 rings (SSSR count).